The molecule has 0 bridgehead atoms. The van der Waals surface area contributed by atoms with Crippen molar-refractivity contribution in [2.45, 2.75) is 6.92 Å². The van der Waals surface area contributed by atoms with E-state index in [1.807, 2.05) is 6.20 Å². The van der Waals surface area contributed by atoms with Crippen LogP contribution in [0.2, 0.25) is 0 Å². The smallest absolute Gasteiger partial charge is 0.146 e. The van der Waals surface area contributed by atoms with E-state index >= 15 is 0 Å². The van der Waals surface area contributed by atoms with Crippen LogP contribution in [0.1, 0.15) is 5.69 Å². The molecule has 24 heavy (non-hydrogen) atoms. The molecule has 6 aromatic rings. The van der Waals surface area contributed by atoms with Crippen molar-refractivity contribution < 1.29 is 0 Å². The number of aromatic nitrogens is 3. The van der Waals surface area contributed by atoms with Crippen molar-refractivity contribution in [3.8, 4) is 0 Å². The molecular weight excluding hydrogens is 294 g/mol. The summed E-state index contributed by atoms with van der Waals surface area (Å²) in [5.74, 6) is 0. The van der Waals surface area contributed by atoms with Crippen LogP contribution >= 0.6 is 0 Å². The van der Waals surface area contributed by atoms with Crippen LogP contribution in [0, 0.1) is 6.92 Å². The summed E-state index contributed by atoms with van der Waals surface area (Å²) >= 11 is 0. The van der Waals surface area contributed by atoms with Gasteiger partial charge in [-0.15, -0.1) is 0 Å². The standard InChI is InChI=1S/C21H13N3/c1-12-18-7-6-13-8-9-22-19-16-10-14-4-2-3-5-15(14)11-17(16)21(23-12)24(18)20(13)19/h2-11H,1H3. The summed E-state index contributed by atoms with van der Waals surface area (Å²) in [6.45, 7) is 2.08. The maximum absolute atomic E-state index is 4.89. The number of rotatable bonds is 0. The lowest BCUT2D eigenvalue weighted by Crippen LogP contribution is -1.95. The molecule has 4 aromatic heterocycles. The molecule has 0 unspecified atom stereocenters. The van der Waals surface area contributed by atoms with Crippen LogP contribution in [-0.2, 0) is 0 Å². The van der Waals surface area contributed by atoms with Crippen molar-refractivity contribution in [2.75, 3.05) is 0 Å². The van der Waals surface area contributed by atoms with Gasteiger partial charge in [-0.2, -0.15) is 0 Å². The fourth-order valence-corrected chi connectivity index (χ4v) is 3.97. The highest BCUT2D eigenvalue weighted by Crippen LogP contribution is 2.35. The molecule has 0 N–H and O–H groups in total. The van der Waals surface area contributed by atoms with Crippen molar-refractivity contribution >= 4 is 49.1 Å². The first-order valence-corrected chi connectivity index (χ1v) is 8.11. The van der Waals surface area contributed by atoms with Gasteiger partial charge in [0.2, 0.25) is 0 Å². The van der Waals surface area contributed by atoms with Gasteiger partial charge in [-0.25, -0.2) is 4.98 Å². The van der Waals surface area contributed by atoms with Gasteiger partial charge in [-0.1, -0.05) is 30.3 Å². The summed E-state index contributed by atoms with van der Waals surface area (Å²) in [5, 5.41) is 6.00. The first-order valence-electron chi connectivity index (χ1n) is 8.11. The molecule has 4 heterocycles. The van der Waals surface area contributed by atoms with Crippen molar-refractivity contribution in [2.24, 2.45) is 0 Å². The molecule has 6 rings (SSSR count). The summed E-state index contributed by atoms with van der Waals surface area (Å²) in [6, 6.07) is 19.4. The number of nitrogens with zero attached hydrogens (tertiary/aromatic N) is 3. The lowest BCUT2D eigenvalue weighted by molar-refractivity contribution is 1.29. The van der Waals surface area contributed by atoms with Gasteiger partial charge in [0.25, 0.3) is 0 Å². The summed E-state index contributed by atoms with van der Waals surface area (Å²) < 4.78 is 2.27. The van der Waals surface area contributed by atoms with Crippen molar-refractivity contribution in [3.63, 3.8) is 0 Å². The monoisotopic (exact) mass is 307 g/mol. The maximum atomic E-state index is 4.89. The zero-order valence-electron chi connectivity index (χ0n) is 13.1. The number of hydrogen-bond acceptors (Lipinski definition) is 2. The molecule has 0 fully saturated rings. The van der Waals surface area contributed by atoms with Gasteiger partial charge in [0, 0.05) is 22.4 Å². The van der Waals surface area contributed by atoms with E-state index in [0.717, 1.165) is 33.3 Å². The Kier molecular flexibility index (Phi) is 2.04. The summed E-state index contributed by atoms with van der Waals surface area (Å²) in [4.78, 5) is 9.62. The van der Waals surface area contributed by atoms with Crippen molar-refractivity contribution in [1.29, 1.82) is 0 Å². The quantitative estimate of drug-likeness (QED) is 0.289. The first-order chi connectivity index (χ1) is 11.8. The number of benzene rings is 2. The first kappa shape index (κ1) is 12.3. The van der Waals surface area contributed by atoms with Crippen LogP contribution in [0.3, 0.4) is 0 Å². The van der Waals surface area contributed by atoms with Gasteiger partial charge in [-0.05, 0) is 42.0 Å². The number of fused-ring (bicyclic) bond motifs is 4. The van der Waals surface area contributed by atoms with E-state index in [2.05, 4.69) is 65.9 Å². The van der Waals surface area contributed by atoms with Crippen molar-refractivity contribution in [1.82, 2.24) is 14.4 Å². The minimum atomic E-state index is 1.02. The molecule has 0 radical (unpaired) electrons. The van der Waals surface area contributed by atoms with Crippen LogP contribution in [0.25, 0.3) is 49.1 Å². The average molecular weight is 307 g/mol. The molecular formula is C21H13N3. The summed E-state index contributed by atoms with van der Waals surface area (Å²) in [6.07, 6.45) is 1.90. The average Bonchev–Trinajstić information content (AvgIpc) is 2.97. The van der Waals surface area contributed by atoms with Crippen LogP contribution < -0.4 is 0 Å². The molecule has 0 aliphatic rings. The second-order valence-electron chi connectivity index (χ2n) is 6.42. The Bertz CT molecular complexity index is 1410. The zero-order valence-corrected chi connectivity index (χ0v) is 13.1. The fourth-order valence-electron chi connectivity index (χ4n) is 3.97. The van der Waals surface area contributed by atoms with E-state index in [4.69, 9.17) is 9.97 Å². The summed E-state index contributed by atoms with van der Waals surface area (Å²) in [7, 11) is 0. The Morgan fingerprint density at radius 1 is 0.833 bits per heavy atom. The van der Waals surface area contributed by atoms with Gasteiger partial charge in [0.1, 0.15) is 5.65 Å². The lowest BCUT2D eigenvalue weighted by atomic mass is 10.0. The Morgan fingerprint density at radius 3 is 2.46 bits per heavy atom. The molecule has 3 nitrogen and oxygen atoms in total. The Hall–Kier alpha value is -3.20. The molecule has 112 valence electrons. The molecule has 0 aliphatic carbocycles. The third kappa shape index (κ3) is 1.33. The molecule has 0 aliphatic heterocycles. The second kappa shape index (κ2) is 4.01. The Morgan fingerprint density at radius 2 is 1.62 bits per heavy atom. The van der Waals surface area contributed by atoms with E-state index in [1.54, 1.807) is 0 Å². The van der Waals surface area contributed by atoms with E-state index in [0.29, 0.717) is 0 Å². The van der Waals surface area contributed by atoms with E-state index in [1.165, 1.54) is 21.5 Å². The highest BCUT2D eigenvalue weighted by molar-refractivity contribution is 6.18. The number of imidazole rings is 1. The van der Waals surface area contributed by atoms with Gasteiger partial charge >= 0.3 is 0 Å². The third-order valence-corrected chi connectivity index (χ3v) is 5.08. The predicted molar refractivity (Wildman–Crippen MR) is 98.9 cm³/mol. The van der Waals surface area contributed by atoms with Gasteiger partial charge in [-0.3, -0.25) is 9.38 Å². The highest BCUT2D eigenvalue weighted by Gasteiger charge is 2.17. The molecule has 0 atom stereocenters. The molecule has 3 heteroatoms. The molecule has 2 aromatic carbocycles. The lowest BCUT2D eigenvalue weighted by Gasteiger charge is -2.12. The number of aryl methyl sites for hydroxylation is 1. The Balaban J connectivity index is 2.06. The zero-order chi connectivity index (χ0) is 15.8. The summed E-state index contributed by atoms with van der Waals surface area (Å²) in [5.41, 5.74) is 5.44. The fraction of sp³-hybridized carbons (Fsp3) is 0.0476. The largest absolute Gasteiger partial charge is 0.290 e. The van der Waals surface area contributed by atoms with Crippen molar-refractivity contribution in [3.05, 3.63) is 66.5 Å². The van der Waals surface area contributed by atoms with Crippen LogP contribution in [0.5, 0.6) is 0 Å². The SMILES string of the molecule is Cc1nc2c3cc4ccccc4cc3c3nccc4ccc1n2c43. The van der Waals surface area contributed by atoms with Gasteiger partial charge in [0.15, 0.2) is 0 Å². The molecule has 0 saturated heterocycles. The molecule has 0 spiro atoms. The van der Waals surface area contributed by atoms with Gasteiger partial charge in [0.05, 0.1) is 22.2 Å². The molecule has 0 amide bonds. The van der Waals surface area contributed by atoms with Crippen LogP contribution in [0.4, 0.5) is 0 Å². The van der Waals surface area contributed by atoms with E-state index < -0.39 is 0 Å². The normalized spacial score (nSPS) is 12.4. The highest BCUT2D eigenvalue weighted by atomic mass is 15.0. The minimum Gasteiger partial charge on any atom is -0.290 e. The van der Waals surface area contributed by atoms with E-state index in [-0.39, 0.29) is 0 Å². The van der Waals surface area contributed by atoms with Gasteiger partial charge < -0.3 is 0 Å². The van der Waals surface area contributed by atoms with Crippen LogP contribution in [0.15, 0.2) is 60.8 Å². The minimum absolute atomic E-state index is 1.02. The maximum Gasteiger partial charge on any atom is 0.146 e. The Labute approximate surface area is 137 Å². The number of hydrogen-bond donors (Lipinski definition) is 0. The topological polar surface area (TPSA) is 30.2 Å². The van der Waals surface area contributed by atoms with Crippen LogP contribution in [-0.4, -0.2) is 14.4 Å². The second-order valence-corrected chi connectivity index (χ2v) is 6.42. The third-order valence-electron chi connectivity index (χ3n) is 5.08. The predicted octanol–water partition coefficient (Wildman–Crippen LogP) is 5.09. The molecule has 0 saturated carbocycles. The number of pyridine rings is 3. The van der Waals surface area contributed by atoms with E-state index in [9.17, 15) is 0 Å².